The molecule has 0 bridgehead atoms. The first-order valence-corrected chi connectivity index (χ1v) is 6.68. The number of thioether (sulfide) groups is 1. The van der Waals surface area contributed by atoms with Crippen molar-refractivity contribution in [3.63, 3.8) is 0 Å². The smallest absolute Gasteiger partial charge is 0.253 e. The average molecular weight is 252 g/mol. The lowest BCUT2D eigenvalue weighted by Crippen LogP contribution is -2.37. The van der Waals surface area contributed by atoms with E-state index in [4.69, 9.17) is 10.5 Å². The third kappa shape index (κ3) is 2.66. The van der Waals surface area contributed by atoms with Gasteiger partial charge < -0.3 is 15.4 Å². The lowest BCUT2D eigenvalue weighted by molar-refractivity contribution is 0.0772. The van der Waals surface area contributed by atoms with Gasteiger partial charge in [-0.2, -0.15) is 11.8 Å². The molecule has 92 valence electrons. The van der Waals surface area contributed by atoms with Crippen molar-refractivity contribution in [3.8, 4) is 5.75 Å². The maximum atomic E-state index is 12.2. The maximum absolute atomic E-state index is 12.2. The molecule has 1 heterocycles. The molecule has 0 atom stereocenters. The molecule has 0 unspecified atom stereocenters. The second-order valence-corrected chi connectivity index (χ2v) is 5.09. The Morgan fingerprint density at radius 2 is 2.12 bits per heavy atom. The molecule has 4 nitrogen and oxygen atoms in total. The summed E-state index contributed by atoms with van der Waals surface area (Å²) in [7, 11) is 1.56. The van der Waals surface area contributed by atoms with E-state index in [2.05, 4.69) is 0 Å². The Morgan fingerprint density at radius 1 is 1.41 bits per heavy atom. The van der Waals surface area contributed by atoms with Crippen molar-refractivity contribution >= 4 is 23.4 Å². The number of hydrogen-bond donors (Lipinski definition) is 1. The number of benzene rings is 1. The first-order chi connectivity index (χ1) is 8.22. The predicted octanol–water partition coefficient (Wildman–Crippen LogP) is 1.47. The quantitative estimate of drug-likeness (QED) is 0.810. The van der Waals surface area contributed by atoms with Crippen LogP contribution in [-0.2, 0) is 0 Å². The van der Waals surface area contributed by atoms with Gasteiger partial charge in [-0.1, -0.05) is 0 Å². The minimum Gasteiger partial charge on any atom is -0.495 e. The number of carbonyl (C=O) groups excluding carboxylic acids is 1. The molecule has 1 aromatic carbocycles. The molecular weight excluding hydrogens is 236 g/mol. The zero-order valence-electron chi connectivity index (χ0n) is 9.81. The molecule has 2 N–H and O–H groups in total. The Balaban J connectivity index is 2.16. The summed E-state index contributed by atoms with van der Waals surface area (Å²) < 4.78 is 5.07. The normalized spacial score (nSPS) is 15.7. The lowest BCUT2D eigenvalue weighted by atomic mass is 10.1. The molecule has 0 aliphatic carbocycles. The fourth-order valence-electron chi connectivity index (χ4n) is 1.82. The van der Waals surface area contributed by atoms with Crippen LogP contribution in [0.1, 0.15) is 10.4 Å². The summed E-state index contributed by atoms with van der Waals surface area (Å²) in [5.74, 6) is 2.68. The molecule has 1 aromatic rings. The average Bonchev–Trinajstić information content (AvgIpc) is 2.39. The Hall–Kier alpha value is -1.36. The van der Waals surface area contributed by atoms with E-state index in [1.54, 1.807) is 25.3 Å². The van der Waals surface area contributed by atoms with Crippen molar-refractivity contribution in [2.75, 3.05) is 37.4 Å². The van der Waals surface area contributed by atoms with E-state index in [9.17, 15) is 4.79 Å². The van der Waals surface area contributed by atoms with E-state index in [0.717, 1.165) is 24.6 Å². The fourth-order valence-corrected chi connectivity index (χ4v) is 2.72. The molecule has 1 aliphatic rings. The van der Waals surface area contributed by atoms with Crippen molar-refractivity contribution in [1.29, 1.82) is 0 Å². The standard InChI is InChI=1S/C12H16N2O2S/c1-16-11-3-2-9(8-10(11)13)12(15)14-4-6-17-7-5-14/h2-3,8H,4-7,13H2,1H3. The van der Waals surface area contributed by atoms with Crippen LogP contribution in [0.3, 0.4) is 0 Å². The molecular formula is C12H16N2O2S. The molecule has 1 aliphatic heterocycles. The Labute approximate surface area is 105 Å². The van der Waals surface area contributed by atoms with Crippen LogP contribution in [0.2, 0.25) is 0 Å². The lowest BCUT2D eigenvalue weighted by Gasteiger charge is -2.26. The van der Waals surface area contributed by atoms with Crippen LogP contribution in [-0.4, -0.2) is 42.5 Å². The van der Waals surface area contributed by atoms with Gasteiger partial charge in [-0.25, -0.2) is 0 Å². The zero-order chi connectivity index (χ0) is 12.3. The molecule has 5 heteroatoms. The van der Waals surface area contributed by atoms with E-state index in [1.807, 2.05) is 16.7 Å². The van der Waals surface area contributed by atoms with Gasteiger partial charge in [0.2, 0.25) is 0 Å². The third-order valence-electron chi connectivity index (χ3n) is 2.77. The van der Waals surface area contributed by atoms with Gasteiger partial charge in [0.05, 0.1) is 12.8 Å². The van der Waals surface area contributed by atoms with Gasteiger partial charge in [0.25, 0.3) is 5.91 Å². The first-order valence-electron chi connectivity index (χ1n) is 5.53. The molecule has 1 amide bonds. The van der Waals surface area contributed by atoms with E-state index in [0.29, 0.717) is 17.0 Å². The van der Waals surface area contributed by atoms with Crippen molar-refractivity contribution in [1.82, 2.24) is 4.90 Å². The summed E-state index contributed by atoms with van der Waals surface area (Å²) in [6.07, 6.45) is 0. The van der Waals surface area contributed by atoms with Crippen LogP contribution >= 0.6 is 11.8 Å². The Kier molecular flexibility index (Phi) is 3.78. The number of methoxy groups -OCH3 is 1. The summed E-state index contributed by atoms with van der Waals surface area (Å²) in [6, 6.07) is 5.18. The number of anilines is 1. The van der Waals surface area contributed by atoms with Gasteiger partial charge in [-0.15, -0.1) is 0 Å². The van der Waals surface area contributed by atoms with E-state index < -0.39 is 0 Å². The van der Waals surface area contributed by atoms with Crippen molar-refractivity contribution in [2.45, 2.75) is 0 Å². The van der Waals surface area contributed by atoms with Gasteiger partial charge in [-0.05, 0) is 18.2 Å². The Bertz CT molecular complexity index is 417. The Morgan fingerprint density at radius 3 is 2.71 bits per heavy atom. The number of nitrogen functional groups attached to an aromatic ring is 1. The van der Waals surface area contributed by atoms with Gasteiger partial charge in [0, 0.05) is 30.2 Å². The van der Waals surface area contributed by atoms with Crippen molar-refractivity contribution in [2.24, 2.45) is 0 Å². The highest BCUT2D eigenvalue weighted by Gasteiger charge is 2.18. The van der Waals surface area contributed by atoms with Gasteiger partial charge in [-0.3, -0.25) is 4.79 Å². The second kappa shape index (κ2) is 5.31. The minimum absolute atomic E-state index is 0.0552. The van der Waals surface area contributed by atoms with E-state index >= 15 is 0 Å². The summed E-state index contributed by atoms with van der Waals surface area (Å²) in [4.78, 5) is 14.0. The zero-order valence-corrected chi connectivity index (χ0v) is 10.6. The number of nitrogens with zero attached hydrogens (tertiary/aromatic N) is 1. The summed E-state index contributed by atoms with van der Waals surface area (Å²) >= 11 is 1.88. The van der Waals surface area contributed by atoms with Crippen LogP contribution in [0, 0.1) is 0 Å². The van der Waals surface area contributed by atoms with Crippen LogP contribution in [0.25, 0.3) is 0 Å². The molecule has 0 radical (unpaired) electrons. The SMILES string of the molecule is COc1ccc(C(=O)N2CCSCC2)cc1N. The van der Waals surface area contributed by atoms with Gasteiger partial charge >= 0.3 is 0 Å². The summed E-state index contributed by atoms with van der Waals surface area (Å²) in [5, 5.41) is 0. The molecule has 0 spiro atoms. The third-order valence-corrected chi connectivity index (χ3v) is 3.72. The number of hydrogen-bond acceptors (Lipinski definition) is 4. The molecule has 1 saturated heterocycles. The molecule has 0 aromatic heterocycles. The molecule has 2 rings (SSSR count). The predicted molar refractivity (Wildman–Crippen MR) is 70.6 cm³/mol. The topological polar surface area (TPSA) is 55.6 Å². The van der Waals surface area contributed by atoms with Gasteiger partial charge in [0.15, 0.2) is 0 Å². The monoisotopic (exact) mass is 252 g/mol. The number of rotatable bonds is 2. The first kappa shape index (κ1) is 12.1. The highest BCUT2D eigenvalue weighted by atomic mass is 32.2. The van der Waals surface area contributed by atoms with Crippen molar-refractivity contribution < 1.29 is 9.53 Å². The van der Waals surface area contributed by atoms with Crippen LogP contribution < -0.4 is 10.5 Å². The van der Waals surface area contributed by atoms with E-state index in [1.165, 1.54) is 0 Å². The minimum atomic E-state index is 0.0552. The van der Waals surface area contributed by atoms with Crippen LogP contribution in [0.15, 0.2) is 18.2 Å². The molecule has 0 saturated carbocycles. The second-order valence-electron chi connectivity index (χ2n) is 3.86. The van der Waals surface area contributed by atoms with Crippen LogP contribution in [0.4, 0.5) is 5.69 Å². The highest BCUT2D eigenvalue weighted by molar-refractivity contribution is 7.99. The van der Waals surface area contributed by atoms with E-state index in [-0.39, 0.29) is 5.91 Å². The molecule has 17 heavy (non-hydrogen) atoms. The fraction of sp³-hybridized carbons (Fsp3) is 0.417. The highest BCUT2D eigenvalue weighted by Crippen LogP contribution is 2.23. The number of nitrogens with two attached hydrogens (primary N) is 1. The van der Waals surface area contributed by atoms with Gasteiger partial charge in [0.1, 0.15) is 5.75 Å². The number of carbonyl (C=O) groups is 1. The summed E-state index contributed by atoms with van der Waals surface area (Å²) in [6.45, 7) is 1.63. The van der Waals surface area contributed by atoms with Crippen molar-refractivity contribution in [3.05, 3.63) is 23.8 Å². The summed E-state index contributed by atoms with van der Waals surface area (Å²) in [5.41, 5.74) is 6.94. The molecule has 1 fully saturated rings. The maximum Gasteiger partial charge on any atom is 0.253 e. The largest absolute Gasteiger partial charge is 0.495 e. The number of amides is 1. The van der Waals surface area contributed by atoms with Crippen LogP contribution in [0.5, 0.6) is 5.75 Å². The number of ether oxygens (including phenoxy) is 1.